The van der Waals surface area contributed by atoms with Gasteiger partial charge in [0.25, 0.3) is 5.56 Å². The van der Waals surface area contributed by atoms with Crippen molar-refractivity contribution in [2.24, 2.45) is 0 Å². The highest BCUT2D eigenvalue weighted by atomic mass is 32.1. The molecule has 0 aliphatic carbocycles. The third-order valence-electron chi connectivity index (χ3n) is 3.29. The van der Waals surface area contributed by atoms with Crippen molar-refractivity contribution in [1.29, 1.82) is 0 Å². The van der Waals surface area contributed by atoms with Crippen molar-refractivity contribution in [2.45, 2.75) is 26.4 Å². The Balaban J connectivity index is 1.82. The summed E-state index contributed by atoms with van der Waals surface area (Å²) in [7, 11) is 0. The lowest BCUT2D eigenvalue weighted by Crippen LogP contribution is -2.22. The predicted octanol–water partition coefficient (Wildman–Crippen LogP) is 2.72. The van der Waals surface area contributed by atoms with Gasteiger partial charge in [0, 0.05) is 25.0 Å². The monoisotopic (exact) mass is 306 g/mol. The van der Waals surface area contributed by atoms with Gasteiger partial charge >= 0.3 is 0 Å². The van der Waals surface area contributed by atoms with Gasteiger partial charge in [-0.05, 0) is 37.0 Å². The topological polar surface area (TPSA) is 55.6 Å². The fraction of sp³-hybridized carbons (Fsp3) is 0.308. The van der Waals surface area contributed by atoms with Crippen LogP contribution >= 0.6 is 23.6 Å². The quantitative estimate of drug-likeness (QED) is 0.754. The van der Waals surface area contributed by atoms with Crippen LogP contribution in [0.3, 0.4) is 0 Å². The zero-order valence-corrected chi connectivity index (χ0v) is 12.6. The van der Waals surface area contributed by atoms with Crippen LogP contribution in [0.4, 0.5) is 0 Å². The summed E-state index contributed by atoms with van der Waals surface area (Å²) in [6.07, 6.45) is 4.48. The van der Waals surface area contributed by atoms with Gasteiger partial charge in [-0.3, -0.25) is 9.36 Å². The maximum Gasteiger partial charge on any atom is 0.272 e. The number of aryl methyl sites for hydroxylation is 2. The molecule has 0 fully saturated rings. The Labute approximate surface area is 124 Å². The molecular formula is C13H14N4OS2. The Hall–Kier alpha value is -1.73. The van der Waals surface area contributed by atoms with Crippen molar-refractivity contribution in [1.82, 2.24) is 19.1 Å². The average Bonchev–Trinajstić information content (AvgIpc) is 3.03. The van der Waals surface area contributed by atoms with Crippen LogP contribution in [0.1, 0.15) is 12.1 Å². The highest BCUT2D eigenvalue weighted by Gasteiger charge is 2.06. The van der Waals surface area contributed by atoms with Crippen LogP contribution in [0.2, 0.25) is 0 Å². The number of rotatable bonds is 4. The summed E-state index contributed by atoms with van der Waals surface area (Å²) in [6, 6.07) is 1.89. The molecule has 0 aliphatic rings. The summed E-state index contributed by atoms with van der Waals surface area (Å²) in [5, 5.41) is 1.90. The molecule has 1 N–H and O–H groups in total. The second-order valence-electron chi connectivity index (χ2n) is 4.63. The van der Waals surface area contributed by atoms with Crippen LogP contribution in [-0.2, 0) is 13.1 Å². The Bertz CT molecular complexity index is 855. The van der Waals surface area contributed by atoms with Gasteiger partial charge in [0.2, 0.25) is 0 Å². The average molecular weight is 306 g/mol. The van der Waals surface area contributed by atoms with Crippen LogP contribution in [0.15, 0.2) is 28.8 Å². The molecular weight excluding hydrogens is 292 g/mol. The molecule has 5 nitrogen and oxygen atoms in total. The second-order valence-corrected chi connectivity index (χ2v) is 5.94. The summed E-state index contributed by atoms with van der Waals surface area (Å²) < 4.78 is 4.93. The number of nitrogens with one attached hydrogen (secondary N) is 1. The Morgan fingerprint density at radius 3 is 3.05 bits per heavy atom. The number of aromatic amines is 1. The second kappa shape index (κ2) is 5.34. The van der Waals surface area contributed by atoms with Crippen molar-refractivity contribution in [3.63, 3.8) is 0 Å². The van der Waals surface area contributed by atoms with Crippen molar-refractivity contribution in [3.8, 4) is 0 Å². The molecule has 104 valence electrons. The summed E-state index contributed by atoms with van der Waals surface area (Å²) in [5.41, 5.74) is 1.95. The van der Waals surface area contributed by atoms with Crippen LogP contribution in [0.5, 0.6) is 0 Å². The Kier molecular flexibility index (Phi) is 3.54. The van der Waals surface area contributed by atoms with Gasteiger partial charge in [-0.25, -0.2) is 4.98 Å². The normalized spacial score (nSPS) is 11.2. The first-order valence-corrected chi connectivity index (χ1v) is 7.62. The smallest absolute Gasteiger partial charge is 0.272 e. The molecule has 3 aromatic rings. The van der Waals surface area contributed by atoms with E-state index in [1.54, 1.807) is 10.9 Å². The molecule has 20 heavy (non-hydrogen) atoms. The lowest BCUT2D eigenvalue weighted by molar-refractivity contribution is 0.540. The largest absolute Gasteiger partial charge is 0.335 e. The van der Waals surface area contributed by atoms with Gasteiger partial charge in [0.05, 0.1) is 11.8 Å². The summed E-state index contributed by atoms with van der Waals surface area (Å²) in [4.78, 5) is 19.5. The molecule has 0 spiro atoms. The van der Waals surface area contributed by atoms with E-state index in [2.05, 4.69) is 14.5 Å². The Morgan fingerprint density at radius 2 is 2.30 bits per heavy atom. The first-order valence-electron chi connectivity index (χ1n) is 6.34. The van der Waals surface area contributed by atoms with E-state index in [1.165, 1.54) is 11.3 Å². The maximum atomic E-state index is 12.3. The highest BCUT2D eigenvalue weighted by Crippen LogP contribution is 2.14. The maximum absolute atomic E-state index is 12.3. The lowest BCUT2D eigenvalue weighted by atomic mass is 10.4. The molecule has 0 aromatic carbocycles. The number of imidazole rings is 1. The van der Waals surface area contributed by atoms with Gasteiger partial charge in [-0.1, -0.05) is 0 Å². The number of nitrogens with zero attached hydrogens (tertiary/aromatic N) is 3. The number of thiophene rings is 1. The number of H-pyrrole nitrogens is 1. The molecule has 0 aliphatic heterocycles. The van der Waals surface area contributed by atoms with E-state index >= 15 is 0 Å². The van der Waals surface area contributed by atoms with Crippen molar-refractivity contribution >= 4 is 33.8 Å². The third-order valence-corrected chi connectivity index (χ3v) is 4.52. The van der Waals surface area contributed by atoms with Crippen molar-refractivity contribution in [3.05, 3.63) is 44.8 Å². The SMILES string of the molecule is Cc1cncn1CCCn1c(=S)[nH]c2ccsc2c1=O. The number of aromatic nitrogens is 4. The molecule has 0 amide bonds. The highest BCUT2D eigenvalue weighted by molar-refractivity contribution is 7.71. The number of fused-ring (bicyclic) bond motifs is 1. The lowest BCUT2D eigenvalue weighted by Gasteiger charge is -2.08. The zero-order chi connectivity index (χ0) is 14.1. The van der Waals surface area contributed by atoms with Crippen LogP contribution in [-0.4, -0.2) is 19.1 Å². The van der Waals surface area contributed by atoms with E-state index in [0.29, 0.717) is 11.3 Å². The number of hydrogen-bond acceptors (Lipinski definition) is 4. The standard InChI is InChI=1S/C13H14N4OS2/c1-9-7-14-8-16(9)4-2-5-17-12(18)11-10(3-6-20-11)15-13(17)19/h3,6-8H,2,4-5H2,1H3,(H,15,19). The Morgan fingerprint density at radius 1 is 1.45 bits per heavy atom. The van der Waals surface area contributed by atoms with Crippen LogP contribution < -0.4 is 5.56 Å². The minimum Gasteiger partial charge on any atom is -0.335 e. The molecule has 0 bridgehead atoms. The van der Waals surface area contributed by atoms with E-state index in [1.807, 2.05) is 24.6 Å². The van der Waals surface area contributed by atoms with Crippen LogP contribution in [0.25, 0.3) is 10.2 Å². The minimum absolute atomic E-state index is 0.00102. The van der Waals surface area contributed by atoms with E-state index in [4.69, 9.17) is 12.2 Å². The number of hydrogen-bond donors (Lipinski definition) is 1. The van der Waals surface area contributed by atoms with Gasteiger partial charge < -0.3 is 9.55 Å². The van der Waals surface area contributed by atoms with E-state index in [-0.39, 0.29) is 5.56 Å². The molecule has 0 saturated heterocycles. The van der Waals surface area contributed by atoms with Gasteiger partial charge in [0.15, 0.2) is 4.77 Å². The fourth-order valence-electron chi connectivity index (χ4n) is 2.19. The van der Waals surface area contributed by atoms with Gasteiger partial charge in [-0.15, -0.1) is 11.3 Å². The summed E-state index contributed by atoms with van der Waals surface area (Å²) in [6.45, 7) is 3.46. The molecule has 0 saturated carbocycles. The van der Waals surface area contributed by atoms with E-state index in [9.17, 15) is 4.79 Å². The third kappa shape index (κ3) is 2.34. The van der Waals surface area contributed by atoms with E-state index in [0.717, 1.165) is 28.9 Å². The first-order chi connectivity index (χ1) is 9.66. The van der Waals surface area contributed by atoms with Gasteiger partial charge in [-0.2, -0.15) is 0 Å². The minimum atomic E-state index is 0.00102. The molecule has 3 aromatic heterocycles. The predicted molar refractivity (Wildman–Crippen MR) is 82.9 cm³/mol. The fourth-order valence-corrected chi connectivity index (χ4v) is 3.28. The molecule has 0 radical (unpaired) electrons. The molecule has 0 unspecified atom stereocenters. The first kappa shape index (κ1) is 13.3. The molecule has 7 heteroatoms. The van der Waals surface area contributed by atoms with Crippen molar-refractivity contribution < 1.29 is 0 Å². The molecule has 3 rings (SSSR count). The molecule has 3 heterocycles. The van der Waals surface area contributed by atoms with Gasteiger partial charge in [0.1, 0.15) is 4.70 Å². The summed E-state index contributed by atoms with van der Waals surface area (Å²) >= 11 is 6.71. The van der Waals surface area contributed by atoms with Crippen molar-refractivity contribution in [2.75, 3.05) is 0 Å². The zero-order valence-electron chi connectivity index (χ0n) is 11.0. The molecule has 0 atom stereocenters. The van der Waals surface area contributed by atoms with E-state index < -0.39 is 0 Å². The summed E-state index contributed by atoms with van der Waals surface area (Å²) in [5.74, 6) is 0. The van der Waals surface area contributed by atoms with Crippen LogP contribution in [0, 0.1) is 11.7 Å².